The molecule has 1 fully saturated rings. The maximum Gasteiger partial charge on any atom is 0.227 e. The molecule has 112 valence electrons. The Morgan fingerprint density at radius 2 is 1.84 bits per heavy atom. The first kappa shape index (κ1) is 16.5. The van der Waals surface area contributed by atoms with Crippen molar-refractivity contribution < 1.29 is 4.79 Å². The number of nitrogens with two attached hydrogens (primary N) is 1. The molecule has 0 aromatic carbocycles. The molecule has 1 saturated carbocycles. The molecule has 0 heterocycles. The number of hydrogen-bond acceptors (Lipinski definition) is 2. The Morgan fingerprint density at radius 1 is 1.21 bits per heavy atom. The molecule has 0 aromatic rings. The molecule has 1 amide bonds. The summed E-state index contributed by atoms with van der Waals surface area (Å²) in [6.45, 7) is 4.83. The highest BCUT2D eigenvalue weighted by molar-refractivity contribution is 5.83. The van der Waals surface area contributed by atoms with Crippen molar-refractivity contribution in [1.29, 1.82) is 0 Å². The van der Waals surface area contributed by atoms with E-state index in [2.05, 4.69) is 19.2 Å². The first-order valence-corrected chi connectivity index (χ1v) is 8.15. The monoisotopic (exact) mass is 268 g/mol. The number of rotatable bonds is 7. The minimum absolute atomic E-state index is 0.209. The van der Waals surface area contributed by atoms with Crippen LogP contribution in [0.15, 0.2) is 0 Å². The highest BCUT2D eigenvalue weighted by Crippen LogP contribution is 2.34. The predicted molar refractivity (Wildman–Crippen MR) is 80.9 cm³/mol. The topological polar surface area (TPSA) is 55.1 Å². The molecule has 1 atom stereocenters. The lowest BCUT2D eigenvalue weighted by molar-refractivity contribution is -0.132. The average Bonchev–Trinajstić information content (AvgIpc) is 2.65. The van der Waals surface area contributed by atoms with Crippen LogP contribution in [0, 0.1) is 5.41 Å². The van der Waals surface area contributed by atoms with Crippen LogP contribution < -0.4 is 11.1 Å². The van der Waals surface area contributed by atoms with Crippen LogP contribution >= 0.6 is 0 Å². The van der Waals surface area contributed by atoms with E-state index < -0.39 is 0 Å². The summed E-state index contributed by atoms with van der Waals surface area (Å²) in [6.07, 6.45) is 11.5. The third-order valence-corrected chi connectivity index (χ3v) is 4.55. The zero-order valence-corrected chi connectivity index (χ0v) is 12.8. The highest BCUT2D eigenvalue weighted by Gasteiger charge is 2.37. The minimum atomic E-state index is -0.282. The van der Waals surface area contributed by atoms with E-state index in [9.17, 15) is 4.79 Å². The summed E-state index contributed by atoms with van der Waals surface area (Å²) in [5.74, 6) is 0.209. The van der Waals surface area contributed by atoms with Crippen molar-refractivity contribution in [2.24, 2.45) is 11.1 Å². The highest BCUT2D eigenvalue weighted by atomic mass is 16.2. The summed E-state index contributed by atoms with van der Waals surface area (Å²) in [4.78, 5) is 12.6. The summed E-state index contributed by atoms with van der Waals surface area (Å²) in [5, 5.41) is 3.21. The Bertz CT molecular complexity index is 257. The molecule has 1 aliphatic rings. The van der Waals surface area contributed by atoms with Crippen molar-refractivity contribution in [2.75, 3.05) is 6.54 Å². The van der Waals surface area contributed by atoms with Gasteiger partial charge in [0.2, 0.25) is 5.91 Å². The predicted octanol–water partition coefficient (Wildman–Crippen LogP) is 3.37. The van der Waals surface area contributed by atoms with Crippen molar-refractivity contribution in [2.45, 2.75) is 84.1 Å². The van der Waals surface area contributed by atoms with Crippen molar-refractivity contribution >= 4 is 5.91 Å². The number of hydrogen-bond donors (Lipinski definition) is 2. The molecule has 0 spiro atoms. The molecule has 0 aliphatic heterocycles. The molecule has 1 aliphatic carbocycles. The van der Waals surface area contributed by atoms with Crippen LogP contribution in [-0.2, 0) is 4.79 Å². The van der Waals surface area contributed by atoms with E-state index in [0.717, 1.165) is 32.1 Å². The van der Waals surface area contributed by atoms with E-state index in [1.807, 2.05) is 0 Å². The van der Waals surface area contributed by atoms with Crippen molar-refractivity contribution in [3.8, 4) is 0 Å². The molecular formula is C16H32N2O. The lowest BCUT2D eigenvalue weighted by atomic mass is 9.79. The molecule has 1 unspecified atom stereocenters. The quantitative estimate of drug-likeness (QED) is 0.549. The summed E-state index contributed by atoms with van der Waals surface area (Å²) in [5.41, 5.74) is 5.66. The maximum atomic E-state index is 12.6. The standard InChI is InChI=1S/C16H32N2O/c1-3-4-7-10-14(2)18-15(19)16(13-17)11-8-5-6-9-12-16/h14H,3-13,17H2,1-2H3,(H,18,19). The van der Waals surface area contributed by atoms with E-state index in [1.54, 1.807) is 0 Å². The third kappa shape index (κ3) is 5.13. The second-order valence-electron chi connectivity index (χ2n) is 6.27. The Hall–Kier alpha value is -0.570. The van der Waals surface area contributed by atoms with Gasteiger partial charge in [-0.25, -0.2) is 0 Å². The van der Waals surface area contributed by atoms with Crippen LogP contribution in [0.5, 0.6) is 0 Å². The normalized spacial score (nSPS) is 20.6. The molecule has 3 N–H and O–H groups in total. The van der Waals surface area contributed by atoms with E-state index in [0.29, 0.717) is 6.54 Å². The van der Waals surface area contributed by atoms with Gasteiger partial charge < -0.3 is 11.1 Å². The lowest BCUT2D eigenvalue weighted by Crippen LogP contribution is -2.48. The fourth-order valence-corrected chi connectivity index (χ4v) is 3.08. The summed E-state index contributed by atoms with van der Waals surface area (Å²) >= 11 is 0. The van der Waals surface area contributed by atoms with Gasteiger partial charge in [-0.15, -0.1) is 0 Å². The summed E-state index contributed by atoms with van der Waals surface area (Å²) < 4.78 is 0. The van der Waals surface area contributed by atoms with Crippen LogP contribution in [0.2, 0.25) is 0 Å². The molecule has 0 aromatic heterocycles. The van der Waals surface area contributed by atoms with E-state index in [1.165, 1.54) is 32.1 Å². The van der Waals surface area contributed by atoms with Gasteiger partial charge in [0.15, 0.2) is 0 Å². The Kier molecular flexibility index (Phi) is 7.44. The van der Waals surface area contributed by atoms with Crippen LogP contribution in [0.25, 0.3) is 0 Å². The van der Waals surface area contributed by atoms with E-state index >= 15 is 0 Å². The van der Waals surface area contributed by atoms with Gasteiger partial charge >= 0.3 is 0 Å². The summed E-state index contributed by atoms with van der Waals surface area (Å²) in [6, 6.07) is 0.283. The van der Waals surface area contributed by atoms with Crippen molar-refractivity contribution in [1.82, 2.24) is 5.32 Å². The smallest absolute Gasteiger partial charge is 0.227 e. The van der Waals surface area contributed by atoms with E-state index in [-0.39, 0.29) is 17.4 Å². The fourth-order valence-electron chi connectivity index (χ4n) is 3.08. The number of amides is 1. The van der Waals surface area contributed by atoms with Crippen LogP contribution in [-0.4, -0.2) is 18.5 Å². The maximum absolute atomic E-state index is 12.6. The number of carbonyl (C=O) groups excluding carboxylic acids is 1. The van der Waals surface area contributed by atoms with Gasteiger partial charge in [-0.1, -0.05) is 51.9 Å². The average molecular weight is 268 g/mol. The van der Waals surface area contributed by atoms with Gasteiger partial charge in [-0.2, -0.15) is 0 Å². The van der Waals surface area contributed by atoms with Gasteiger partial charge in [0.25, 0.3) is 0 Å². The number of unbranched alkanes of at least 4 members (excludes halogenated alkanes) is 2. The minimum Gasteiger partial charge on any atom is -0.353 e. The molecule has 0 radical (unpaired) electrons. The number of carbonyl (C=O) groups is 1. The largest absolute Gasteiger partial charge is 0.353 e. The van der Waals surface area contributed by atoms with Crippen molar-refractivity contribution in [3.05, 3.63) is 0 Å². The molecule has 0 bridgehead atoms. The SMILES string of the molecule is CCCCCC(C)NC(=O)C1(CN)CCCCCC1. The van der Waals surface area contributed by atoms with Crippen LogP contribution in [0.1, 0.15) is 78.1 Å². The first-order valence-electron chi connectivity index (χ1n) is 8.15. The van der Waals surface area contributed by atoms with Gasteiger partial charge in [0, 0.05) is 12.6 Å². The third-order valence-electron chi connectivity index (χ3n) is 4.55. The van der Waals surface area contributed by atoms with Gasteiger partial charge in [-0.05, 0) is 26.2 Å². The number of nitrogens with one attached hydrogen (secondary N) is 1. The zero-order chi connectivity index (χ0) is 14.1. The second kappa shape index (κ2) is 8.57. The zero-order valence-electron chi connectivity index (χ0n) is 12.8. The molecule has 3 nitrogen and oxygen atoms in total. The van der Waals surface area contributed by atoms with Gasteiger partial charge in [0.05, 0.1) is 5.41 Å². The molecule has 3 heteroatoms. The Balaban J connectivity index is 2.48. The van der Waals surface area contributed by atoms with Crippen LogP contribution in [0.3, 0.4) is 0 Å². The van der Waals surface area contributed by atoms with Gasteiger partial charge in [-0.3, -0.25) is 4.79 Å². The molecule has 0 saturated heterocycles. The Labute approximate surface area is 118 Å². The molecular weight excluding hydrogens is 236 g/mol. The lowest BCUT2D eigenvalue weighted by Gasteiger charge is -2.31. The molecule has 19 heavy (non-hydrogen) atoms. The second-order valence-corrected chi connectivity index (χ2v) is 6.27. The summed E-state index contributed by atoms with van der Waals surface area (Å²) in [7, 11) is 0. The van der Waals surface area contributed by atoms with Gasteiger partial charge in [0.1, 0.15) is 0 Å². The van der Waals surface area contributed by atoms with Crippen LogP contribution in [0.4, 0.5) is 0 Å². The van der Waals surface area contributed by atoms with Crippen molar-refractivity contribution in [3.63, 3.8) is 0 Å². The Morgan fingerprint density at radius 3 is 2.37 bits per heavy atom. The fraction of sp³-hybridized carbons (Fsp3) is 0.938. The molecule has 1 rings (SSSR count). The van der Waals surface area contributed by atoms with E-state index in [4.69, 9.17) is 5.73 Å². The first-order chi connectivity index (χ1) is 9.14.